The number of phenolic OH excluding ortho intramolecular Hbond substituents is 1. The highest BCUT2D eigenvalue weighted by Crippen LogP contribution is 2.18. The number of hydrogen-bond donors (Lipinski definition) is 1. The van der Waals surface area contributed by atoms with Crippen molar-refractivity contribution in [1.82, 2.24) is 0 Å². The maximum atomic E-state index is 10.8. The molecule has 0 aromatic heterocycles. The standard InChI is InChI=1S/C8H8N2O3/c1-6(11)10(9-13)7-2-4-8(12)5-3-7/h2-5,12H,1H3. The normalized spacial score (nSPS) is 9.31. The van der Waals surface area contributed by atoms with E-state index in [4.69, 9.17) is 5.11 Å². The van der Waals surface area contributed by atoms with Crippen LogP contribution in [0.5, 0.6) is 5.75 Å². The molecule has 1 N–H and O–H groups in total. The van der Waals surface area contributed by atoms with Gasteiger partial charge in [-0.25, -0.2) is 0 Å². The third kappa shape index (κ3) is 2.02. The Labute approximate surface area is 74.5 Å². The Morgan fingerprint density at radius 1 is 1.38 bits per heavy atom. The third-order valence-corrected chi connectivity index (χ3v) is 1.47. The number of benzene rings is 1. The van der Waals surface area contributed by atoms with Crippen LogP contribution in [0.25, 0.3) is 0 Å². The van der Waals surface area contributed by atoms with Gasteiger partial charge in [-0.15, -0.1) is 4.91 Å². The summed E-state index contributed by atoms with van der Waals surface area (Å²) in [6.07, 6.45) is 0. The minimum atomic E-state index is -0.472. The fourth-order valence-corrected chi connectivity index (χ4v) is 0.880. The second-order valence-corrected chi connectivity index (χ2v) is 2.43. The molecule has 5 heteroatoms. The van der Waals surface area contributed by atoms with Gasteiger partial charge in [0, 0.05) is 6.92 Å². The summed E-state index contributed by atoms with van der Waals surface area (Å²) in [5.41, 5.74) is 0.334. The van der Waals surface area contributed by atoms with Crippen LogP contribution >= 0.6 is 0 Å². The molecule has 0 saturated heterocycles. The lowest BCUT2D eigenvalue weighted by Crippen LogP contribution is -2.20. The highest BCUT2D eigenvalue weighted by Gasteiger charge is 2.10. The molecule has 0 aliphatic heterocycles. The highest BCUT2D eigenvalue weighted by atomic mass is 16.3. The van der Waals surface area contributed by atoms with Gasteiger partial charge in [0.2, 0.25) is 5.91 Å². The molecule has 0 bridgehead atoms. The summed E-state index contributed by atoms with van der Waals surface area (Å²) in [5, 5.41) is 12.2. The minimum Gasteiger partial charge on any atom is -0.508 e. The SMILES string of the molecule is CC(=O)N(N=O)c1ccc(O)cc1. The van der Waals surface area contributed by atoms with E-state index < -0.39 is 5.91 Å². The molecule has 0 unspecified atom stereocenters. The largest absolute Gasteiger partial charge is 0.508 e. The first-order valence-electron chi connectivity index (χ1n) is 3.58. The summed E-state index contributed by atoms with van der Waals surface area (Å²) in [5.74, 6) is -0.404. The van der Waals surface area contributed by atoms with Crippen molar-refractivity contribution in [2.75, 3.05) is 5.01 Å². The first-order chi connectivity index (χ1) is 6.15. The Hall–Kier alpha value is -1.91. The number of carbonyl (C=O) groups excluding carboxylic acids is 1. The fourth-order valence-electron chi connectivity index (χ4n) is 0.880. The number of nitroso groups, excluding NO2 is 1. The molecule has 13 heavy (non-hydrogen) atoms. The molecule has 0 saturated carbocycles. The minimum absolute atomic E-state index is 0.0677. The van der Waals surface area contributed by atoms with Crippen molar-refractivity contribution >= 4 is 11.6 Å². The molecule has 0 radical (unpaired) electrons. The van der Waals surface area contributed by atoms with E-state index in [0.29, 0.717) is 10.7 Å². The first kappa shape index (κ1) is 9.18. The summed E-state index contributed by atoms with van der Waals surface area (Å²) in [4.78, 5) is 21.1. The van der Waals surface area contributed by atoms with Crippen molar-refractivity contribution in [1.29, 1.82) is 0 Å². The summed E-state index contributed by atoms with van der Waals surface area (Å²) in [6.45, 7) is 1.23. The van der Waals surface area contributed by atoms with E-state index in [0.717, 1.165) is 0 Å². The lowest BCUT2D eigenvalue weighted by molar-refractivity contribution is -0.116. The third-order valence-electron chi connectivity index (χ3n) is 1.47. The van der Waals surface area contributed by atoms with Crippen molar-refractivity contribution < 1.29 is 9.90 Å². The van der Waals surface area contributed by atoms with Gasteiger partial charge in [0.1, 0.15) is 5.75 Å². The molecule has 0 aliphatic rings. The number of anilines is 1. The number of carbonyl (C=O) groups is 1. The van der Waals surface area contributed by atoms with Crippen molar-refractivity contribution in [3.05, 3.63) is 29.2 Å². The topological polar surface area (TPSA) is 70.0 Å². The molecule has 0 heterocycles. The number of amides is 1. The van der Waals surface area contributed by atoms with E-state index in [1.54, 1.807) is 0 Å². The van der Waals surface area contributed by atoms with Gasteiger partial charge in [-0.3, -0.25) is 4.79 Å². The van der Waals surface area contributed by atoms with Gasteiger partial charge in [-0.1, -0.05) is 0 Å². The lowest BCUT2D eigenvalue weighted by atomic mass is 10.3. The van der Waals surface area contributed by atoms with Gasteiger partial charge >= 0.3 is 0 Å². The monoisotopic (exact) mass is 180 g/mol. The molecule has 0 fully saturated rings. The van der Waals surface area contributed by atoms with Crippen LogP contribution in [-0.4, -0.2) is 11.0 Å². The molecule has 0 atom stereocenters. The van der Waals surface area contributed by atoms with Crippen molar-refractivity contribution in [2.24, 2.45) is 5.29 Å². The maximum absolute atomic E-state index is 10.8. The van der Waals surface area contributed by atoms with Gasteiger partial charge < -0.3 is 5.11 Å². The van der Waals surface area contributed by atoms with Crippen molar-refractivity contribution in [3.8, 4) is 5.75 Å². The number of phenols is 1. The smallest absolute Gasteiger partial charge is 0.246 e. The van der Waals surface area contributed by atoms with Crippen LogP contribution < -0.4 is 5.01 Å². The van der Waals surface area contributed by atoms with Crippen molar-refractivity contribution in [3.63, 3.8) is 0 Å². The Bertz CT molecular complexity index is 321. The zero-order chi connectivity index (χ0) is 9.84. The fraction of sp³-hybridized carbons (Fsp3) is 0.125. The second-order valence-electron chi connectivity index (χ2n) is 2.43. The maximum Gasteiger partial charge on any atom is 0.246 e. The second kappa shape index (κ2) is 3.66. The van der Waals surface area contributed by atoms with Crippen LogP contribution in [0, 0.1) is 4.91 Å². The lowest BCUT2D eigenvalue weighted by Gasteiger charge is -2.09. The molecule has 0 spiro atoms. The molecule has 5 nitrogen and oxygen atoms in total. The van der Waals surface area contributed by atoms with Gasteiger partial charge in [-0.2, -0.15) is 5.01 Å². The molecule has 1 amide bonds. The van der Waals surface area contributed by atoms with Crippen LogP contribution in [0.1, 0.15) is 6.92 Å². The Balaban J connectivity index is 2.99. The number of nitrogens with zero attached hydrogens (tertiary/aromatic N) is 2. The van der Waals surface area contributed by atoms with Crippen LogP contribution in [0.15, 0.2) is 29.6 Å². The van der Waals surface area contributed by atoms with E-state index in [-0.39, 0.29) is 5.75 Å². The van der Waals surface area contributed by atoms with Gasteiger partial charge in [0.05, 0.1) is 11.0 Å². The molecule has 1 aromatic rings. The summed E-state index contributed by atoms with van der Waals surface area (Å²) < 4.78 is 0. The molecule has 68 valence electrons. The van der Waals surface area contributed by atoms with E-state index in [9.17, 15) is 9.70 Å². The van der Waals surface area contributed by atoms with E-state index in [1.165, 1.54) is 31.2 Å². The zero-order valence-corrected chi connectivity index (χ0v) is 6.97. The van der Waals surface area contributed by atoms with Crippen LogP contribution in [-0.2, 0) is 4.79 Å². The Kier molecular flexibility index (Phi) is 2.59. The van der Waals surface area contributed by atoms with Gasteiger partial charge in [0.15, 0.2) is 0 Å². The summed E-state index contributed by atoms with van der Waals surface area (Å²) >= 11 is 0. The molecule has 0 aliphatic carbocycles. The average Bonchev–Trinajstić information content (AvgIpc) is 2.09. The Morgan fingerprint density at radius 2 is 1.92 bits per heavy atom. The molecule has 1 rings (SSSR count). The first-order valence-corrected chi connectivity index (χ1v) is 3.58. The average molecular weight is 180 g/mol. The number of aromatic hydroxyl groups is 1. The summed E-state index contributed by atoms with van der Waals surface area (Å²) in [7, 11) is 0. The van der Waals surface area contributed by atoms with Crippen LogP contribution in [0.3, 0.4) is 0 Å². The Morgan fingerprint density at radius 3 is 2.31 bits per heavy atom. The summed E-state index contributed by atoms with van der Waals surface area (Å²) in [6, 6.07) is 5.60. The van der Waals surface area contributed by atoms with Crippen LogP contribution in [0.2, 0.25) is 0 Å². The van der Waals surface area contributed by atoms with Crippen molar-refractivity contribution in [2.45, 2.75) is 6.92 Å². The quantitative estimate of drug-likeness (QED) is 0.552. The predicted octanol–water partition coefficient (Wildman–Crippen LogP) is 1.43. The van der Waals surface area contributed by atoms with Gasteiger partial charge in [-0.05, 0) is 24.3 Å². The highest BCUT2D eigenvalue weighted by molar-refractivity contribution is 5.90. The van der Waals surface area contributed by atoms with E-state index in [2.05, 4.69) is 5.29 Å². The van der Waals surface area contributed by atoms with Crippen LogP contribution in [0.4, 0.5) is 5.69 Å². The molecule has 1 aromatic carbocycles. The van der Waals surface area contributed by atoms with E-state index >= 15 is 0 Å². The molecular formula is C8H8N2O3. The predicted molar refractivity (Wildman–Crippen MR) is 47.1 cm³/mol. The number of hydrogen-bond acceptors (Lipinski definition) is 4. The van der Waals surface area contributed by atoms with E-state index in [1.807, 2.05) is 0 Å². The zero-order valence-electron chi connectivity index (χ0n) is 6.97. The van der Waals surface area contributed by atoms with Gasteiger partial charge in [0.25, 0.3) is 0 Å². The number of rotatable bonds is 2. The molecular weight excluding hydrogens is 172 g/mol.